The van der Waals surface area contributed by atoms with Crippen LogP contribution in [0.15, 0.2) is 65.1 Å². The van der Waals surface area contributed by atoms with E-state index >= 15 is 0 Å². The summed E-state index contributed by atoms with van der Waals surface area (Å²) < 4.78 is 2.28. The van der Waals surface area contributed by atoms with Crippen LogP contribution in [0.3, 0.4) is 0 Å². The summed E-state index contributed by atoms with van der Waals surface area (Å²) in [6, 6.07) is 21.1. The Balaban J connectivity index is 1.96. The normalized spacial score (nSPS) is 12.5. The molecule has 3 rings (SSSR count). The second-order valence-electron chi connectivity index (χ2n) is 4.98. The number of benzene rings is 3. The van der Waals surface area contributed by atoms with Gasteiger partial charge < -0.3 is 0 Å². The second-order valence-corrected chi connectivity index (χ2v) is 7.58. The van der Waals surface area contributed by atoms with Crippen LogP contribution in [-0.4, -0.2) is 0 Å². The van der Waals surface area contributed by atoms with Crippen LogP contribution in [0.1, 0.15) is 16.5 Å². The first-order valence-electron chi connectivity index (χ1n) is 6.71. The Labute approximate surface area is 151 Å². The van der Waals surface area contributed by atoms with E-state index in [-0.39, 0.29) is 5.38 Å². The third kappa shape index (κ3) is 3.43. The Bertz CT molecular complexity index is 780. The van der Waals surface area contributed by atoms with Crippen LogP contribution in [0, 0.1) is 3.57 Å². The molecule has 0 aromatic heterocycles. The van der Waals surface area contributed by atoms with E-state index in [2.05, 4.69) is 93.1 Å². The summed E-state index contributed by atoms with van der Waals surface area (Å²) in [5, 5.41) is 2.53. The van der Waals surface area contributed by atoms with Crippen molar-refractivity contribution in [2.24, 2.45) is 0 Å². The summed E-state index contributed by atoms with van der Waals surface area (Å²) in [7, 11) is 0. The molecule has 1 unspecified atom stereocenters. The lowest BCUT2D eigenvalue weighted by Crippen LogP contribution is -1.99. The Kier molecular flexibility index (Phi) is 4.87. The van der Waals surface area contributed by atoms with Gasteiger partial charge in [0.2, 0.25) is 0 Å². The minimum Gasteiger partial charge on any atom is -0.117 e. The highest BCUT2D eigenvalue weighted by atomic mass is 127. The molecule has 0 saturated heterocycles. The van der Waals surface area contributed by atoms with Crippen molar-refractivity contribution >= 4 is 60.9 Å². The number of alkyl halides is 1. The molecule has 0 aliphatic heterocycles. The summed E-state index contributed by atoms with van der Waals surface area (Å²) in [5.74, 6) is 0. The van der Waals surface area contributed by atoms with Crippen molar-refractivity contribution in [2.45, 2.75) is 11.8 Å². The van der Waals surface area contributed by atoms with Crippen molar-refractivity contribution in [3.8, 4) is 0 Å². The summed E-state index contributed by atoms with van der Waals surface area (Å²) in [5.41, 5.74) is 2.48. The topological polar surface area (TPSA) is 0 Å². The molecule has 0 nitrogen and oxygen atoms in total. The predicted octanol–water partition coefficient (Wildman–Crippen LogP) is 6.73. The van der Waals surface area contributed by atoms with Gasteiger partial charge in [-0.2, -0.15) is 0 Å². The van der Waals surface area contributed by atoms with Crippen molar-refractivity contribution in [1.82, 2.24) is 0 Å². The fraction of sp³-hybridized carbons (Fsp3) is 0.111. The number of hydrogen-bond donors (Lipinski definition) is 0. The van der Waals surface area contributed by atoms with Gasteiger partial charge in [0.05, 0.1) is 5.38 Å². The van der Waals surface area contributed by atoms with E-state index in [0.717, 1.165) is 10.9 Å². The fourth-order valence-electron chi connectivity index (χ4n) is 2.53. The smallest absolute Gasteiger partial charge is 0.0636 e. The summed E-state index contributed by atoms with van der Waals surface area (Å²) in [4.78, 5) is 0. The van der Waals surface area contributed by atoms with Crippen molar-refractivity contribution in [3.05, 3.63) is 79.8 Å². The lowest BCUT2D eigenvalue weighted by molar-refractivity contribution is 0.920. The van der Waals surface area contributed by atoms with E-state index < -0.39 is 0 Å². The molecular weight excluding hydrogens is 458 g/mol. The molecule has 0 heterocycles. The van der Waals surface area contributed by atoms with Gasteiger partial charge in [-0.25, -0.2) is 0 Å². The van der Waals surface area contributed by atoms with E-state index in [0.29, 0.717) is 0 Å². The zero-order chi connectivity index (χ0) is 14.8. The maximum absolute atomic E-state index is 6.69. The molecule has 0 N–H and O–H groups in total. The van der Waals surface area contributed by atoms with Gasteiger partial charge >= 0.3 is 0 Å². The van der Waals surface area contributed by atoms with Gasteiger partial charge in [0, 0.05) is 8.04 Å². The van der Waals surface area contributed by atoms with E-state index in [1.165, 1.54) is 25.5 Å². The van der Waals surface area contributed by atoms with Crippen LogP contribution in [-0.2, 0) is 6.42 Å². The minimum absolute atomic E-state index is 0.0276. The first-order valence-corrected chi connectivity index (χ1v) is 9.01. The number of fused-ring (bicyclic) bond motifs is 1. The monoisotopic (exact) mass is 470 g/mol. The van der Waals surface area contributed by atoms with Gasteiger partial charge in [0.25, 0.3) is 0 Å². The molecule has 106 valence electrons. The molecule has 0 amide bonds. The first-order chi connectivity index (χ1) is 10.1. The summed E-state index contributed by atoms with van der Waals surface area (Å²) in [6.07, 6.45) is 0.829. The summed E-state index contributed by atoms with van der Waals surface area (Å²) >= 11 is 12.6. The van der Waals surface area contributed by atoms with Crippen molar-refractivity contribution < 1.29 is 0 Å². The molecule has 0 bridgehead atoms. The lowest BCUT2D eigenvalue weighted by atomic mass is 9.98. The number of rotatable bonds is 3. The molecule has 0 fully saturated rings. The third-order valence-electron chi connectivity index (χ3n) is 3.57. The van der Waals surface area contributed by atoms with Crippen molar-refractivity contribution in [3.63, 3.8) is 0 Å². The Morgan fingerprint density at radius 2 is 1.76 bits per heavy atom. The molecular formula is C18H13BrClI. The lowest BCUT2D eigenvalue weighted by Gasteiger charge is -2.14. The molecule has 0 aliphatic carbocycles. The molecule has 21 heavy (non-hydrogen) atoms. The molecule has 1 atom stereocenters. The van der Waals surface area contributed by atoms with Gasteiger partial charge in [-0.1, -0.05) is 58.4 Å². The fourth-order valence-corrected chi connectivity index (χ4v) is 4.15. The van der Waals surface area contributed by atoms with Crippen LogP contribution < -0.4 is 0 Å². The van der Waals surface area contributed by atoms with Crippen LogP contribution in [0.2, 0.25) is 0 Å². The molecule has 3 aromatic rings. The molecule has 0 radical (unpaired) electrons. The van der Waals surface area contributed by atoms with E-state index in [1.807, 2.05) is 6.07 Å². The predicted molar refractivity (Wildman–Crippen MR) is 103 cm³/mol. The highest BCUT2D eigenvalue weighted by Crippen LogP contribution is 2.32. The van der Waals surface area contributed by atoms with Gasteiger partial charge in [0.15, 0.2) is 0 Å². The van der Waals surface area contributed by atoms with Gasteiger partial charge in [-0.05, 0) is 69.1 Å². The van der Waals surface area contributed by atoms with Crippen LogP contribution >= 0.6 is 50.1 Å². The summed E-state index contributed by atoms with van der Waals surface area (Å²) in [6.45, 7) is 0. The maximum Gasteiger partial charge on any atom is 0.0636 e. The number of halogens is 3. The Hall–Kier alpha value is -0.580. The van der Waals surface area contributed by atoms with Gasteiger partial charge in [-0.3, -0.25) is 0 Å². The second kappa shape index (κ2) is 6.67. The van der Waals surface area contributed by atoms with Gasteiger partial charge in [0.1, 0.15) is 0 Å². The SMILES string of the molecule is ClC(Cc1cccc2ccccc12)c1cc(Br)ccc1I. The van der Waals surface area contributed by atoms with Crippen molar-refractivity contribution in [2.75, 3.05) is 0 Å². The third-order valence-corrected chi connectivity index (χ3v) is 5.44. The quantitative estimate of drug-likeness (QED) is 0.294. The van der Waals surface area contributed by atoms with Crippen LogP contribution in [0.5, 0.6) is 0 Å². The zero-order valence-electron chi connectivity index (χ0n) is 11.2. The standard InChI is InChI=1S/C18H13BrClI/c19-14-8-9-18(21)16(11-14)17(20)10-13-6-3-5-12-4-1-2-7-15(12)13/h1-9,11,17H,10H2. The van der Waals surface area contributed by atoms with E-state index in [9.17, 15) is 0 Å². The highest BCUT2D eigenvalue weighted by Gasteiger charge is 2.14. The van der Waals surface area contributed by atoms with Gasteiger partial charge in [-0.15, -0.1) is 11.6 Å². The molecule has 0 spiro atoms. The molecule has 3 heteroatoms. The van der Waals surface area contributed by atoms with E-state index in [1.54, 1.807) is 0 Å². The first kappa shape index (κ1) is 15.3. The molecule has 0 saturated carbocycles. The highest BCUT2D eigenvalue weighted by molar-refractivity contribution is 14.1. The Morgan fingerprint density at radius 3 is 2.62 bits per heavy atom. The molecule has 0 aliphatic rings. The largest absolute Gasteiger partial charge is 0.117 e. The van der Waals surface area contributed by atoms with Crippen LogP contribution in [0.4, 0.5) is 0 Å². The van der Waals surface area contributed by atoms with E-state index in [4.69, 9.17) is 11.6 Å². The van der Waals surface area contributed by atoms with Crippen molar-refractivity contribution in [1.29, 1.82) is 0 Å². The minimum atomic E-state index is -0.0276. The zero-order valence-corrected chi connectivity index (χ0v) is 15.7. The number of hydrogen-bond acceptors (Lipinski definition) is 0. The Morgan fingerprint density at radius 1 is 1.00 bits per heavy atom. The average Bonchev–Trinajstić information content (AvgIpc) is 2.50. The maximum atomic E-state index is 6.69. The molecule has 3 aromatic carbocycles. The average molecular weight is 472 g/mol. The van der Waals surface area contributed by atoms with Crippen LogP contribution in [0.25, 0.3) is 10.8 Å².